The number of carbonyl (C=O) groups is 2. The maximum Gasteiger partial charge on any atom is 0.325 e. The van der Waals surface area contributed by atoms with Gasteiger partial charge in [0.1, 0.15) is 13.2 Å². The minimum atomic E-state index is -0.464. The maximum atomic E-state index is 11.9. The summed E-state index contributed by atoms with van der Waals surface area (Å²) in [5, 5.41) is 2.56. The molecule has 0 aliphatic carbocycles. The summed E-state index contributed by atoms with van der Waals surface area (Å²) in [5.74, 6) is -1.17. The molecule has 2 aromatic carbocycles. The standard InChI is InChI=1S/C19H20NO3/c1-15(12-16-8-4-2-5-9-16)19(22)20-13-18(21)23-14-17-10-6-3-7-11-17/h2-11,15H,1,12-14H2,(H,20,22)/t15-/m0/s1. The first-order chi connectivity index (χ1) is 11.1. The molecule has 2 aromatic rings. The van der Waals surface area contributed by atoms with E-state index in [-0.39, 0.29) is 19.1 Å². The number of nitrogens with one attached hydrogen (secondary N) is 1. The van der Waals surface area contributed by atoms with Crippen molar-refractivity contribution in [2.45, 2.75) is 13.0 Å². The molecule has 0 heterocycles. The Labute approximate surface area is 136 Å². The lowest BCUT2D eigenvalue weighted by Gasteiger charge is -2.12. The molecular formula is C19H20NO3. The molecule has 2 rings (SSSR count). The van der Waals surface area contributed by atoms with Crippen molar-refractivity contribution in [2.24, 2.45) is 5.92 Å². The Morgan fingerprint density at radius 1 is 0.957 bits per heavy atom. The van der Waals surface area contributed by atoms with E-state index >= 15 is 0 Å². The molecule has 0 aromatic heterocycles. The summed E-state index contributed by atoms with van der Waals surface area (Å²) in [7, 11) is 0. The molecule has 4 heteroatoms. The molecule has 0 unspecified atom stereocenters. The molecule has 0 saturated heterocycles. The van der Waals surface area contributed by atoms with Crippen LogP contribution in [-0.2, 0) is 27.4 Å². The second kappa shape index (κ2) is 8.73. The molecule has 0 saturated carbocycles. The fourth-order valence-corrected chi connectivity index (χ4v) is 2.08. The second-order valence-corrected chi connectivity index (χ2v) is 5.25. The van der Waals surface area contributed by atoms with E-state index in [1.807, 2.05) is 60.7 Å². The maximum absolute atomic E-state index is 11.9. The van der Waals surface area contributed by atoms with Gasteiger partial charge in [-0.25, -0.2) is 0 Å². The van der Waals surface area contributed by atoms with E-state index in [0.717, 1.165) is 11.1 Å². The lowest BCUT2D eigenvalue weighted by Crippen LogP contribution is -2.35. The fourth-order valence-electron chi connectivity index (χ4n) is 2.08. The van der Waals surface area contributed by atoms with Crippen LogP contribution in [0.25, 0.3) is 0 Å². The van der Waals surface area contributed by atoms with Gasteiger partial charge in [-0.15, -0.1) is 0 Å². The molecule has 0 bridgehead atoms. The van der Waals surface area contributed by atoms with Gasteiger partial charge >= 0.3 is 5.97 Å². The van der Waals surface area contributed by atoms with Crippen LogP contribution in [0, 0.1) is 12.8 Å². The Hall–Kier alpha value is -2.62. The number of amides is 1. The molecule has 1 amide bonds. The van der Waals surface area contributed by atoms with E-state index in [1.54, 1.807) is 0 Å². The Kier molecular flexibility index (Phi) is 6.36. The van der Waals surface area contributed by atoms with Gasteiger partial charge in [0, 0.05) is 5.92 Å². The van der Waals surface area contributed by atoms with Crippen molar-refractivity contribution in [1.29, 1.82) is 0 Å². The second-order valence-electron chi connectivity index (χ2n) is 5.25. The normalized spacial score (nSPS) is 11.5. The van der Waals surface area contributed by atoms with Crippen LogP contribution >= 0.6 is 0 Å². The van der Waals surface area contributed by atoms with Crippen LogP contribution < -0.4 is 5.32 Å². The SMILES string of the molecule is [CH2][C@@H](Cc1ccccc1)C(=O)NCC(=O)OCc1ccccc1. The summed E-state index contributed by atoms with van der Waals surface area (Å²) in [6.07, 6.45) is 0.533. The average molecular weight is 310 g/mol. The van der Waals surface area contributed by atoms with E-state index in [1.165, 1.54) is 0 Å². The first kappa shape index (κ1) is 16.7. The molecule has 119 valence electrons. The zero-order chi connectivity index (χ0) is 16.5. The van der Waals surface area contributed by atoms with Gasteiger partial charge in [-0.05, 0) is 24.5 Å². The average Bonchev–Trinajstić information content (AvgIpc) is 2.59. The van der Waals surface area contributed by atoms with Crippen molar-refractivity contribution in [1.82, 2.24) is 5.32 Å². The van der Waals surface area contributed by atoms with Gasteiger partial charge in [0.15, 0.2) is 0 Å². The highest BCUT2D eigenvalue weighted by Gasteiger charge is 2.15. The van der Waals surface area contributed by atoms with E-state index in [2.05, 4.69) is 12.2 Å². The largest absolute Gasteiger partial charge is 0.460 e. The quantitative estimate of drug-likeness (QED) is 0.800. The smallest absolute Gasteiger partial charge is 0.325 e. The number of carbonyl (C=O) groups excluding carboxylic acids is 2. The molecular weight excluding hydrogens is 290 g/mol. The van der Waals surface area contributed by atoms with Gasteiger partial charge in [-0.2, -0.15) is 0 Å². The minimum absolute atomic E-state index is 0.146. The Balaban J connectivity index is 1.70. The molecule has 4 nitrogen and oxygen atoms in total. The Bertz CT molecular complexity index is 626. The van der Waals surface area contributed by atoms with Crippen LogP contribution in [-0.4, -0.2) is 18.4 Å². The summed E-state index contributed by atoms with van der Waals surface area (Å²) in [4.78, 5) is 23.6. The van der Waals surface area contributed by atoms with E-state index in [0.29, 0.717) is 6.42 Å². The van der Waals surface area contributed by atoms with E-state index in [4.69, 9.17) is 4.74 Å². The van der Waals surface area contributed by atoms with Crippen molar-refractivity contribution >= 4 is 11.9 Å². The Morgan fingerprint density at radius 2 is 1.52 bits per heavy atom. The third-order valence-electron chi connectivity index (χ3n) is 3.35. The fraction of sp³-hybridized carbons (Fsp3) is 0.211. The number of esters is 1. The number of rotatable bonds is 7. The summed E-state index contributed by atoms with van der Waals surface area (Å²) in [6, 6.07) is 19.0. The third kappa shape index (κ3) is 5.94. The first-order valence-corrected chi connectivity index (χ1v) is 7.49. The van der Waals surface area contributed by atoms with Crippen molar-refractivity contribution in [3.8, 4) is 0 Å². The highest BCUT2D eigenvalue weighted by atomic mass is 16.5. The van der Waals surface area contributed by atoms with Gasteiger partial charge in [0.2, 0.25) is 5.91 Å². The number of hydrogen-bond donors (Lipinski definition) is 1. The zero-order valence-corrected chi connectivity index (χ0v) is 12.9. The Morgan fingerprint density at radius 3 is 2.13 bits per heavy atom. The summed E-state index contributed by atoms with van der Waals surface area (Å²) < 4.78 is 5.10. The van der Waals surface area contributed by atoms with Gasteiger partial charge in [0.05, 0.1) is 0 Å². The first-order valence-electron chi connectivity index (χ1n) is 7.49. The monoisotopic (exact) mass is 310 g/mol. The van der Waals surface area contributed by atoms with E-state index in [9.17, 15) is 9.59 Å². The lowest BCUT2D eigenvalue weighted by atomic mass is 10.0. The third-order valence-corrected chi connectivity index (χ3v) is 3.35. The van der Waals surface area contributed by atoms with Crippen molar-refractivity contribution in [3.63, 3.8) is 0 Å². The number of benzene rings is 2. The van der Waals surface area contributed by atoms with E-state index < -0.39 is 11.9 Å². The number of hydrogen-bond acceptors (Lipinski definition) is 3. The highest BCUT2D eigenvalue weighted by molar-refractivity contribution is 5.84. The number of ether oxygens (including phenoxy) is 1. The topological polar surface area (TPSA) is 55.4 Å². The van der Waals surface area contributed by atoms with Crippen LogP contribution in [0.3, 0.4) is 0 Å². The molecule has 0 fully saturated rings. The van der Waals surface area contributed by atoms with Crippen LogP contribution in [0.4, 0.5) is 0 Å². The summed E-state index contributed by atoms with van der Waals surface area (Å²) in [6.45, 7) is 3.90. The van der Waals surface area contributed by atoms with Crippen molar-refractivity contribution in [3.05, 3.63) is 78.7 Å². The van der Waals surface area contributed by atoms with Crippen LogP contribution in [0.1, 0.15) is 11.1 Å². The minimum Gasteiger partial charge on any atom is -0.460 e. The zero-order valence-electron chi connectivity index (χ0n) is 12.9. The van der Waals surface area contributed by atoms with Crippen LogP contribution in [0.5, 0.6) is 0 Å². The van der Waals surface area contributed by atoms with Gasteiger partial charge in [-0.3, -0.25) is 9.59 Å². The molecule has 0 spiro atoms. The van der Waals surface area contributed by atoms with Gasteiger partial charge in [0.25, 0.3) is 0 Å². The molecule has 1 N–H and O–H groups in total. The summed E-state index contributed by atoms with van der Waals surface area (Å²) >= 11 is 0. The van der Waals surface area contributed by atoms with Crippen LogP contribution in [0.15, 0.2) is 60.7 Å². The predicted molar refractivity (Wildman–Crippen MR) is 88.2 cm³/mol. The molecule has 1 atom stereocenters. The predicted octanol–water partition coefficient (Wildman–Crippen LogP) is 2.54. The molecule has 0 aliphatic rings. The van der Waals surface area contributed by atoms with Crippen LogP contribution in [0.2, 0.25) is 0 Å². The van der Waals surface area contributed by atoms with Gasteiger partial charge in [-0.1, -0.05) is 60.7 Å². The highest BCUT2D eigenvalue weighted by Crippen LogP contribution is 2.07. The van der Waals surface area contributed by atoms with Crippen molar-refractivity contribution in [2.75, 3.05) is 6.54 Å². The molecule has 1 radical (unpaired) electrons. The summed E-state index contributed by atoms with van der Waals surface area (Å²) in [5.41, 5.74) is 1.94. The van der Waals surface area contributed by atoms with Gasteiger partial charge < -0.3 is 10.1 Å². The molecule has 0 aliphatic heterocycles. The lowest BCUT2D eigenvalue weighted by molar-refractivity contribution is -0.145. The van der Waals surface area contributed by atoms with Crippen molar-refractivity contribution < 1.29 is 14.3 Å². The molecule has 23 heavy (non-hydrogen) atoms.